The van der Waals surface area contributed by atoms with Gasteiger partial charge in [0.05, 0.1) is 5.69 Å². The van der Waals surface area contributed by atoms with E-state index in [1.54, 1.807) is 11.3 Å². The van der Waals surface area contributed by atoms with Crippen molar-refractivity contribution in [3.8, 4) is 10.6 Å². The van der Waals surface area contributed by atoms with Gasteiger partial charge in [0.1, 0.15) is 5.01 Å². The summed E-state index contributed by atoms with van der Waals surface area (Å²) in [6.07, 6.45) is 2.05. The first-order chi connectivity index (χ1) is 8.79. The molecule has 2 aromatic heterocycles. The molecule has 0 aliphatic heterocycles. The SMILES string of the molecule is CNCc1nc(-c2c[nH]c3ccccc23)sc1C. The molecule has 0 bridgehead atoms. The van der Waals surface area contributed by atoms with Crippen molar-refractivity contribution in [1.29, 1.82) is 0 Å². The minimum absolute atomic E-state index is 0.824. The predicted molar refractivity (Wildman–Crippen MR) is 76.9 cm³/mol. The summed E-state index contributed by atoms with van der Waals surface area (Å²) in [5.74, 6) is 0. The van der Waals surface area contributed by atoms with Crippen molar-refractivity contribution in [1.82, 2.24) is 15.3 Å². The van der Waals surface area contributed by atoms with E-state index in [9.17, 15) is 0 Å². The van der Waals surface area contributed by atoms with Gasteiger partial charge < -0.3 is 10.3 Å². The average Bonchev–Trinajstić information content (AvgIpc) is 2.94. The van der Waals surface area contributed by atoms with Crippen molar-refractivity contribution in [3.05, 3.63) is 41.0 Å². The van der Waals surface area contributed by atoms with Gasteiger partial charge in [0.2, 0.25) is 0 Å². The minimum Gasteiger partial charge on any atom is -0.360 e. The second-order valence-corrected chi connectivity index (χ2v) is 5.50. The maximum Gasteiger partial charge on any atom is 0.126 e. The molecule has 0 radical (unpaired) electrons. The van der Waals surface area contributed by atoms with Crippen molar-refractivity contribution >= 4 is 22.2 Å². The number of benzene rings is 1. The molecule has 0 unspecified atom stereocenters. The summed E-state index contributed by atoms with van der Waals surface area (Å²) in [6, 6.07) is 8.33. The molecule has 92 valence electrons. The van der Waals surface area contributed by atoms with E-state index in [1.165, 1.54) is 15.8 Å². The molecular formula is C14H15N3S. The quantitative estimate of drug-likeness (QED) is 0.755. The van der Waals surface area contributed by atoms with E-state index < -0.39 is 0 Å². The van der Waals surface area contributed by atoms with Crippen LogP contribution in [0.5, 0.6) is 0 Å². The van der Waals surface area contributed by atoms with Gasteiger partial charge in [-0.3, -0.25) is 0 Å². The Kier molecular flexibility index (Phi) is 2.89. The number of aromatic amines is 1. The highest BCUT2D eigenvalue weighted by atomic mass is 32.1. The van der Waals surface area contributed by atoms with Gasteiger partial charge in [-0.25, -0.2) is 4.98 Å². The lowest BCUT2D eigenvalue weighted by atomic mass is 10.2. The highest BCUT2D eigenvalue weighted by Gasteiger charge is 2.12. The number of para-hydroxylation sites is 1. The molecule has 3 rings (SSSR count). The third-order valence-corrected chi connectivity index (χ3v) is 4.10. The number of nitrogens with one attached hydrogen (secondary N) is 2. The van der Waals surface area contributed by atoms with E-state index >= 15 is 0 Å². The molecular weight excluding hydrogens is 242 g/mol. The molecule has 0 fully saturated rings. The molecule has 2 heterocycles. The number of hydrogen-bond donors (Lipinski definition) is 2. The molecule has 0 saturated carbocycles. The standard InChI is InChI=1S/C14H15N3S/c1-9-13(8-15-2)17-14(18-9)11-7-16-12-6-4-3-5-10(11)12/h3-7,15-16H,8H2,1-2H3. The van der Waals surface area contributed by atoms with E-state index in [0.29, 0.717) is 0 Å². The van der Waals surface area contributed by atoms with Crippen LogP contribution in [0, 0.1) is 6.92 Å². The van der Waals surface area contributed by atoms with Gasteiger partial charge in [0.25, 0.3) is 0 Å². The molecule has 1 aromatic carbocycles. The van der Waals surface area contributed by atoms with Gasteiger partial charge in [-0.15, -0.1) is 11.3 Å². The molecule has 0 atom stereocenters. The number of hydrogen-bond acceptors (Lipinski definition) is 3. The van der Waals surface area contributed by atoms with Gasteiger partial charge in [-0.1, -0.05) is 18.2 Å². The Morgan fingerprint density at radius 2 is 2.17 bits per heavy atom. The molecule has 0 spiro atoms. The van der Waals surface area contributed by atoms with Crippen LogP contribution in [0.2, 0.25) is 0 Å². The second-order valence-electron chi connectivity index (χ2n) is 4.30. The van der Waals surface area contributed by atoms with Crippen LogP contribution in [-0.2, 0) is 6.54 Å². The van der Waals surface area contributed by atoms with Gasteiger partial charge in [-0.2, -0.15) is 0 Å². The first-order valence-electron chi connectivity index (χ1n) is 5.97. The van der Waals surface area contributed by atoms with Crippen LogP contribution in [0.15, 0.2) is 30.5 Å². The Labute approximate surface area is 110 Å². The van der Waals surface area contributed by atoms with Crippen LogP contribution in [0.4, 0.5) is 0 Å². The zero-order chi connectivity index (χ0) is 12.5. The Bertz CT molecular complexity index is 681. The Balaban J connectivity index is 2.11. The fraction of sp³-hybridized carbons (Fsp3) is 0.214. The number of thiazole rings is 1. The average molecular weight is 257 g/mol. The smallest absolute Gasteiger partial charge is 0.126 e. The van der Waals surface area contributed by atoms with Crippen molar-refractivity contribution in [3.63, 3.8) is 0 Å². The van der Waals surface area contributed by atoms with E-state index in [4.69, 9.17) is 4.98 Å². The van der Waals surface area contributed by atoms with Crippen LogP contribution >= 0.6 is 11.3 Å². The number of nitrogens with zero attached hydrogens (tertiary/aromatic N) is 1. The summed E-state index contributed by atoms with van der Waals surface area (Å²) >= 11 is 1.76. The first kappa shape index (κ1) is 11.4. The number of rotatable bonds is 3. The third kappa shape index (κ3) is 1.83. The van der Waals surface area contributed by atoms with Gasteiger partial charge >= 0.3 is 0 Å². The highest BCUT2D eigenvalue weighted by Crippen LogP contribution is 2.32. The molecule has 0 aliphatic carbocycles. The zero-order valence-corrected chi connectivity index (χ0v) is 11.3. The minimum atomic E-state index is 0.824. The van der Waals surface area contributed by atoms with Crippen LogP contribution in [-0.4, -0.2) is 17.0 Å². The van der Waals surface area contributed by atoms with Crippen molar-refractivity contribution in [2.24, 2.45) is 0 Å². The van der Waals surface area contributed by atoms with E-state index in [1.807, 2.05) is 19.3 Å². The topological polar surface area (TPSA) is 40.7 Å². The van der Waals surface area contributed by atoms with E-state index in [0.717, 1.165) is 22.8 Å². The Hall–Kier alpha value is -1.65. The highest BCUT2D eigenvalue weighted by molar-refractivity contribution is 7.15. The van der Waals surface area contributed by atoms with E-state index in [-0.39, 0.29) is 0 Å². The Morgan fingerprint density at radius 1 is 1.33 bits per heavy atom. The lowest BCUT2D eigenvalue weighted by Crippen LogP contribution is -2.06. The van der Waals surface area contributed by atoms with Crippen LogP contribution in [0.3, 0.4) is 0 Å². The number of fused-ring (bicyclic) bond motifs is 1. The Morgan fingerprint density at radius 3 is 3.00 bits per heavy atom. The summed E-state index contributed by atoms with van der Waals surface area (Å²) in [7, 11) is 1.95. The summed E-state index contributed by atoms with van der Waals surface area (Å²) in [5, 5.41) is 5.49. The largest absolute Gasteiger partial charge is 0.360 e. The first-order valence-corrected chi connectivity index (χ1v) is 6.78. The fourth-order valence-corrected chi connectivity index (χ4v) is 3.08. The molecule has 3 nitrogen and oxygen atoms in total. The maximum atomic E-state index is 4.73. The molecule has 4 heteroatoms. The predicted octanol–water partition coefficient (Wildman–Crippen LogP) is 3.32. The molecule has 2 N–H and O–H groups in total. The monoisotopic (exact) mass is 257 g/mol. The molecule has 3 aromatic rings. The normalized spacial score (nSPS) is 11.2. The number of H-pyrrole nitrogens is 1. The van der Waals surface area contributed by atoms with Crippen molar-refractivity contribution < 1.29 is 0 Å². The van der Waals surface area contributed by atoms with Gasteiger partial charge in [0.15, 0.2) is 0 Å². The molecule has 0 amide bonds. The van der Waals surface area contributed by atoms with Crippen LogP contribution in [0.1, 0.15) is 10.6 Å². The number of aromatic nitrogens is 2. The lowest BCUT2D eigenvalue weighted by molar-refractivity contribution is 0.793. The lowest BCUT2D eigenvalue weighted by Gasteiger charge is -1.94. The van der Waals surface area contributed by atoms with Crippen molar-refractivity contribution in [2.45, 2.75) is 13.5 Å². The zero-order valence-electron chi connectivity index (χ0n) is 10.4. The summed E-state index contributed by atoms with van der Waals surface area (Å²) in [4.78, 5) is 9.31. The third-order valence-electron chi connectivity index (χ3n) is 3.06. The summed E-state index contributed by atoms with van der Waals surface area (Å²) in [6.45, 7) is 2.95. The van der Waals surface area contributed by atoms with E-state index in [2.05, 4.69) is 35.4 Å². The molecule has 0 saturated heterocycles. The molecule has 18 heavy (non-hydrogen) atoms. The van der Waals surface area contributed by atoms with Crippen LogP contribution in [0.25, 0.3) is 21.5 Å². The van der Waals surface area contributed by atoms with Crippen LogP contribution < -0.4 is 5.32 Å². The molecule has 0 aliphatic rings. The second kappa shape index (κ2) is 4.55. The van der Waals surface area contributed by atoms with Gasteiger partial charge in [-0.05, 0) is 20.0 Å². The maximum absolute atomic E-state index is 4.73. The summed E-state index contributed by atoms with van der Waals surface area (Å²) in [5.41, 5.74) is 3.50. The van der Waals surface area contributed by atoms with Gasteiger partial charge in [0, 0.05) is 34.1 Å². The fourth-order valence-electron chi connectivity index (χ4n) is 2.12. The summed E-state index contributed by atoms with van der Waals surface area (Å²) < 4.78 is 0. The van der Waals surface area contributed by atoms with Crippen molar-refractivity contribution in [2.75, 3.05) is 7.05 Å². The number of aryl methyl sites for hydroxylation is 1.